The lowest BCUT2D eigenvalue weighted by Gasteiger charge is -2.23. The highest BCUT2D eigenvalue weighted by Gasteiger charge is 2.23. The van der Waals surface area contributed by atoms with Crippen LogP contribution in [0, 0.1) is 0 Å². The summed E-state index contributed by atoms with van der Waals surface area (Å²) in [6.45, 7) is 2.07. The summed E-state index contributed by atoms with van der Waals surface area (Å²) in [7, 11) is 1.53. The fourth-order valence-electron chi connectivity index (χ4n) is 3.15. The number of hydrogen-bond acceptors (Lipinski definition) is 5. The average Bonchev–Trinajstić information content (AvgIpc) is 2.79. The van der Waals surface area contributed by atoms with E-state index in [4.69, 9.17) is 14.2 Å². The van der Waals surface area contributed by atoms with Crippen LogP contribution < -0.4 is 24.8 Å². The first-order valence-corrected chi connectivity index (χ1v) is 9.81. The van der Waals surface area contributed by atoms with Crippen molar-refractivity contribution < 1.29 is 23.8 Å². The van der Waals surface area contributed by atoms with Crippen LogP contribution in [0.15, 0.2) is 66.7 Å². The molecule has 31 heavy (non-hydrogen) atoms. The molecule has 0 fully saturated rings. The molecule has 1 atom stereocenters. The lowest BCUT2D eigenvalue weighted by atomic mass is 10.1. The Morgan fingerprint density at radius 3 is 2.65 bits per heavy atom. The Labute approximate surface area is 179 Å². The molecule has 1 heterocycles. The van der Waals surface area contributed by atoms with Crippen LogP contribution in [-0.2, 0) is 11.4 Å². The number of anilines is 2. The summed E-state index contributed by atoms with van der Waals surface area (Å²) in [6.07, 6.45) is -0.553. The average molecular weight is 418 g/mol. The molecule has 1 aliphatic heterocycles. The Morgan fingerprint density at radius 2 is 1.87 bits per heavy atom. The number of nitrogens with one attached hydrogen (secondary N) is 2. The molecule has 0 saturated heterocycles. The fourth-order valence-corrected chi connectivity index (χ4v) is 3.15. The van der Waals surface area contributed by atoms with Crippen molar-refractivity contribution in [2.75, 3.05) is 17.7 Å². The minimum absolute atomic E-state index is 0.230. The standard InChI is InChI=1S/C24H22N2O5/c1-15-23(27)26-19-13-18(9-11-20(19)31-15)25-24(28)17-8-10-21(22(12-17)29-2)30-14-16-6-4-3-5-7-16/h3-13,15H,14H2,1-2H3,(H,25,28)(H,26,27)/t15-/m0/s1. The van der Waals surface area contributed by atoms with Crippen LogP contribution in [0.4, 0.5) is 11.4 Å². The third-order valence-corrected chi connectivity index (χ3v) is 4.83. The van der Waals surface area contributed by atoms with E-state index in [0.717, 1.165) is 5.56 Å². The van der Waals surface area contributed by atoms with Crippen LogP contribution >= 0.6 is 0 Å². The number of methoxy groups -OCH3 is 1. The minimum atomic E-state index is -0.553. The molecule has 0 spiro atoms. The molecule has 0 radical (unpaired) electrons. The smallest absolute Gasteiger partial charge is 0.265 e. The quantitative estimate of drug-likeness (QED) is 0.625. The van der Waals surface area contributed by atoms with E-state index < -0.39 is 6.10 Å². The molecular weight excluding hydrogens is 396 g/mol. The summed E-state index contributed by atoms with van der Waals surface area (Å²) in [5.41, 5.74) is 2.49. The van der Waals surface area contributed by atoms with Crippen molar-refractivity contribution in [2.24, 2.45) is 0 Å². The van der Waals surface area contributed by atoms with Gasteiger partial charge in [0.15, 0.2) is 17.6 Å². The number of rotatable bonds is 6. The summed E-state index contributed by atoms with van der Waals surface area (Å²) >= 11 is 0. The zero-order valence-electron chi connectivity index (χ0n) is 17.2. The first kappa shape index (κ1) is 20.3. The summed E-state index contributed by atoms with van der Waals surface area (Å²) < 4.78 is 16.8. The van der Waals surface area contributed by atoms with Gasteiger partial charge in [0, 0.05) is 11.3 Å². The number of fused-ring (bicyclic) bond motifs is 1. The van der Waals surface area contributed by atoms with Gasteiger partial charge in [0.1, 0.15) is 12.4 Å². The highest BCUT2D eigenvalue weighted by atomic mass is 16.5. The molecule has 4 rings (SSSR count). The molecule has 0 aromatic heterocycles. The molecule has 3 aromatic carbocycles. The van der Waals surface area contributed by atoms with Gasteiger partial charge in [0.05, 0.1) is 12.8 Å². The maximum Gasteiger partial charge on any atom is 0.265 e. The van der Waals surface area contributed by atoms with Crippen LogP contribution in [0.5, 0.6) is 17.2 Å². The maximum atomic E-state index is 12.7. The molecule has 0 unspecified atom stereocenters. The fraction of sp³-hybridized carbons (Fsp3) is 0.167. The zero-order valence-corrected chi connectivity index (χ0v) is 17.2. The van der Waals surface area contributed by atoms with Crippen LogP contribution in [0.1, 0.15) is 22.8 Å². The summed E-state index contributed by atoms with van der Waals surface area (Å²) in [6, 6.07) is 19.9. The SMILES string of the molecule is COc1cc(C(=O)Nc2ccc3c(c2)NC(=O)[C@H](C)O3)ccc1OCc1ccccc1. The third kappa shape index (κ3) is 4.61. The summed E-state index contributed by atoms with van der Waals surface area (Å²) in [5, 5.41) is 5.59. The van der Waals surface area contributed by atoms with E-state index in [1.807, 2.05) is 30.3 Å². The molecule has 1 aliphatic rings. The lowest BCUT2D eigenvalue weighted by Crippen LogP contribution is -2.34. The first-order valence-electron chi connectivity index (χ1n) is 9.81. The second-order valence-corrected chi connectivity index (χ2v) is 7.05. The first-order chi connectivity index (χ1) is 15.0. The van der Waals surface area contributed by atoms with Crippen LogP contribution in [0.3, 0.4) is 0 Å². The largest absolute Gasteiger partial charge is 0.493 e. The Bertz CT molecular complexity index is 1110. The van der Waals surface area contributed by atoms with Crippen molar-refractivity contribution in [3.63, 3.8) is 0 Å². The minimum Gasteiger partial charge on any atom is -0.493 e. The summed E-state index contributed by atoms with van der Waals surface area (Å²) in [5.74, 6) is 1.03. The van der Waals surface area contributed by atoms with E-state index in [0.29, 0.717) is 40.8 Å². The second kappa shape index (κ2) is 8.79. The van der Waals surface area contributed by atoms with Crippen molar-refractivity contribution in [1.82, 2.24) is 0 Å². The van der Waals surface area contributed by atoms with Gasteiger partial charge in [0.25, 0.3) is 11.8 Å². The van der Waals surface area contributed by atoms with Gasteiger partial charge in [-0.3, -0.25) is 9.59 Å². The number of benzene rings is 3. The number of hydrogen-bond donors (Lipinski definition) is 2. The highest BCUT2D eigenvalue weighted by molar-refractivity contribution is 6.05. The van der Waals surface area contributed by atoms with E-state index in [-0.39, 0.29) is 11.8 Å². The molecule has 2 N–H and O–H groups in total. The summed E-state index contributed by atoms with van der Waals surface area (Å²) in [4.78, 5) is 24.5. The predicted octanol–water partition coefficient (Wildman–Crippen LogP) is 4.25. The van der Waals surface area contributed by atoms with E-state index in [2.05, 4.69) is 10.6 Å². The van der Waals surface area contributed by atoms with Gasteiger partial charge < -0.3 is 24.8 Å². The van der Waals surface area contributed by atoms with Crippen molar-refractivity contribution in [2.45, 2.75) is 19.6 Å². The number of ether oxygens (including phenoxy) is 3. The molecule has 0 saturated carbocycles. The van der Waals surface area contributed by atoms with E-state index in [1.54, 1.807) is 43.3 Å². The highest BCUT2D eigenvalue weighted by Crippen LogP contribution is 2.33. The lowest BCUT2D eigenvalue weighted by molar-refractivity contribution is -0.122. The van der Waals surface area contributed by atoms with Gasteiger partial charge in [0.2, 0.25) is 0 Å². The van der Waals surface area contributed by atoms with Crippen molar-refractivity contribution >= 4 is 23.2 Å². The van der Waals surface area contributed by atoms with Gasteiger partial charge in [-0.05, 0) is 48.9 Å². The Kier molecular flexibility index (Phi) is 5.75. The monoisotopic (exact) mass is 418 g/mol. The molecule has 0 bridgehead atoms. The van der Waals surface area contributed by atoms with Crippen molar-refractivity contribution in [3.05, 3.63) is 77.9 Å². The molecular formula is C24H22N2O5. The van der Waals surface area contributed by atoms with Gasteiger partial charge >= 0.3 is 0 Å². The number of carbonyl (C=O) groups is 2. The van der Waals surface area contributed by atoms with E-state index >= 15 is 0 Å². The van der Waals surface area contributed by atoms with Crippen LogP contribution in [-0.4, -0.2) is 25.0 Å². The van der Waals surface area contributed by atoms with E-state index in [9.17, 15) is 9.59 Å². The molecule has 3 aromatic rings. The zero-order chi connectivity index (χ0) is 21.8. The topological polar surface area (TPSA) is 85.9 Å². The van der Waals surface area contributed by atoms with Gasteiger partial charge in [-0.25, -0.2) is 0 Å². The number of amides is 2. The normalized spacial score (nSPS) is 14.6. The van der Waals surface area contributed by atoms with Crippen LogP contribution in [0.2, 0.25) is 0 Å². The third-order valence-electron chi connectivity index (χ3n) is 4.83. The van der Waals surface area contributed by atoms with Crippen molar-refractivity contribution in [3.8, 4) is 17.2 Å². The molecule has 2 amide bonds. The van der Waals surface area contributed by atoms with E-state index in [1.165, 1.54) is 7.11 Å². The van der Waals surface area contributed by atoms with Gasteiger partial charge in [-0.1, -0.05) is 30.3 Å². The molecule has 7 heteroatoms. The Balaban J connectivity index is 1.46. The molecule has 158 valence electrons. The Morgan fingerprint density at radius 1 is 1.06 bits per heavy atom. The molecule has 0 aliphatic carbocycles. The molecule has 7 nitrogen and oxygen atoms in total. The van der Waals surface area contributed by atoms with Gasteiger partial charge in [-0.15, -0.1) is 0 Å². The van der Waals surface area contributed by atoms with Gasteiger partial charge in [-0.2, -0.15) is 0 Å². The number of carbonyl (C=O) groups excluding carboxylic acids is 2. The van der Waals surface area contributed by atoms with Crippen LogP contribution in [0.25, 0.3) is 0 Å². The second-order valence-electron chi connectivity index (χ2n) is 7.05. The maximum absolute atomic E-state index is 12.7. The Hall–Kier alpha value is -4.00. The van der Waals surface area contributed by atoms with Crippen molar-refractivity contribution in [1.29, 1.82) is 0 Å². The predicted molar refractivity (Wildman–Crippen MR) is 117 cm³/mol.